The number of hydrogen-bond acceptors (Lipinski definition) is 0. The molecule has 0 bridgehead atoms. The minimum Gasteiger partial charge on any atom is -0.310 e. The van der Waals surface area contributed by atoms with Crippen LogP contribution in [0.5, 0.6) is 0 Å². The smallest absolute Gasteiger partial charge is 0.252 e. The van der Waals surface area contributed by atoms with E-state index in [9.17, 15) is 0 Å². The van der Waals surface area contributed by atoms with Crippen LogP contribution < -0.4 is 16.4 Å². The molecule has 2 nitrogen and oxygen atoms in total. The first-order valence-corrected chi connectivity index (χ1v) is 17.5. The van der Waals surface area contributed by atoms with Crippen molar-refractivity contribution in [1.82, 2.24) is 9.13 Å². The molecule has 7 aromatic rings. The summed E-state index contributed by atoms with van der Waals surface area (Å²) < 4.78 is 5.25. The summed E-state index contributed by atoms with van der Waals surface area (Å²) >= 11 is 0. The van der Waals surface area contributed by atoms with Crippen LogP contribution in [0, 0.1) is 20.8 Å². The van der Waals surface area contributed by atoms with Crippen LogP contribution in [-0.4, -0.2) is 15.8 Å². The Bertz CT molecular complexity index is 2310. The Kier molecular flexibility index (Phi) is 5.92. The lowest BCUT2D eigenvalue weighted by molar-refractivity contribution is 0.591. The second kappa shape index (κ2) is 9.66. The maximum atomic E-state index is 2.62. The van der Waals surface area contributed by atoms with Crippen LogP contribution in [0.1, 0.15) is 69.4 Å². The molecule has 0 N–H and O–H groups in total. The van der Waals surface area contributed by atoms with Gasteiger partial charge in [-0.1, -0.05) is 114 Å². The van der Waals surface area contributed by atoms with Crippen molar-refractivity contribution in [3.63, 3.8) is 0 Å². The Balaban J connectivity index is 1.53. The lowest BCUT2D eigenvalue weighted by Gasteiger charge is -2.36. The SMILES string of the molecule is Cc1cc2c3c(c1)-n1c(-c4ccccc4)c(C)c4cc(C(C)(C)C)cc(c41)B3c1cc(C(C)(C)C)cc3c(C)c(-c4ccccc4)n-2c13. The van der Waals surface area contributed by atoms with E-state index in [1.165, 1.54) is 99.9 Å². The molecule has 2 aromatic heterocycles. The van der Waals surface area contributed by atoms with Gasteiger partial charge in [0.15, 0.2) is 0 Å². The Labute approximate surface area is 285 Å². The fourth-order valence-electron chi connectivity index (χ4n) is 8.77. The lowest BCUT2D eigenvalue weighted by atomic mass is 9.34. The molecular formula is C45H43BN2. The minimum atomic E-state index is 0.0110. The molecule has 0 spiro atoms. The van der Waals surface area contributed by atoms with E-state index in [1.54, 1.807) is 0 Å². The third kappa shape index (κ3) is 3.88. The highest BCUT2D eigenvalue weighted by molar-refractivity contribution is 7.00. The van der Waals surface area contributed by atoms with Crippen molar-refractivity contribution in [2.24, 2.45) is 0 Å². The molecule has 2 aliphatic rings. The highest BCUT2D eigenvalue weighted by Gasteiger charge is 2.43. The van der Waals surface area contributed by atoms with E-state index in [-0.39, 0.29) is 17.5 Å². The van der Waals surface area contributed by atoms with Gasteiger partial charge in [-0.3, -0.25) is 0 Å². The molecule has 0 radical (unpaired) electrons. The Morgan fingerprint density at radius 1 is 0.500 bits per heavy atom. The zero-order chi connectivity index (χ0) is 33.4. The summed E-state index contributed by atoms with van der Waals surface area (Å²) in [6.07, 6.45) is 0. The number of aromatic nitrogens is 2. The molecule has 0 saturated heterocycles. The van der Waals surface area contributed by atoms with Crippen molar-refractivity contribution in [2.45, 2.75) is 73.1 Å². The molecule has 0 fully saturated rings. The Morgan fingerprint density at radius 3 is 1.27 bits per heavy atom. The fraction of sp³-hybridized carbons (Fsp3) is 0.244. The van der Waals surface area contributed by atoms with E-state index in [1.807, 2.05) is 0 Å². The van der Waals surface area contributed by atoms with Gasteiger partial charge in [0.2, 0.25) is 0 Å². The maximum absolute atomic E-state index is 2.62. The van der Waals surface area contributed by atoms with Gasteiger partial charge in [-0.2, -0.15) is 0 Å². The predicted molar refractivity (Wildman–Crippen MR) is 207 cm³/mol. The van der Waals surface area contributed by atoms with Gasteiger partial charge < -0.3 is 9.13 Å². The molecule has 0 amide bonds. The highest BCUT2D eigenvalue weighted by Crippen LogP contribution is 2.44. The van der Waals surface area contributed by atoms with E-state index in [4.69, 9.17) is 0 Å². The minimum absolute atomic E-state index is 0.0110. The van der Waals surface area contributed by atoms with Crippen LogP contribution in [0.3, 0.4) is 0 Å². The van der Waals surface area contributed by atoms with Gasteiger partial charge in [0.25, 0.3) is 6.71 Å². The molecule has 4 heterocycles. The molecule has 2 aliphatic heterocycles. The van der Waals surface area contributed by atoms with Crippen molar-refractivity contribution < 1.29 is 0 Å². The quantitative estimate of drug-likeness (QED) is 0.170. The summed E-state index contributed by atoms with van der Waals surface area (Å²) in [5.74, 6) is 0. The van der Waals surface area contributed by atoms with E-state index in [2.05, 4.69) is 169 Å². The van der Waals surface area contributed by atoms with Crippen LogP contribution in [-0.2, 0) is 10.8 Å². The first kappa shape index (κ1) is 29.4. The molecule has 0 unspecified atom stereocenters. The summed E-state index contributed by atoms with van der Waals surface area (Å²) in [4.78, 5) is 0. The maximum Gasteiger partial charge on any atom is 0.252 e. The van der Waals surface area contributed by atoms with Gasteiger partial charge in [0.1, 0.15) is 0 Å². The normalized spacial score (nSPS) is 13.5. The Morgan fingerprint density at radius 2 is 0.896 bits per heavy atom. The summed E-state index contributed by atoms with van der Waals surface area (Å²) in [6, 6.07) is 37.1. The summed E-state index contributed by atoms with van der Waals surface area (Å²) in [5.41, 5.74) is 21.6. The largest absolute Gasteiger partial charge is 0.310 e. The van der Waals surface area contributed by atoms with Crippen LogP contribution in [0.2, 0.25) is 0 Å². The second-order valence-electron chi connectivity index (χ2n) is 16.4. The van der Waals surface area contributed by atoms with Crippen molar-refractivity contribution in [3.8, 4) is 33.9 Å². The summed E-state index contributed by atoms with van der Waals surface area (Å²) in [6.45, 7) is 21.2. The molecule has 236 valence electrons. The number of benzene rings is 5. The van der Waals surface area contributed by atoms with Crippen LogP contribution in [0.15, 0.2) is 97.1 Å². The number of hydrogen-bond donors (Lipinski definition) is 0. The zero-order valence-corrected chi connectivity index (χ0v) is 29.7. The molecule has 3 heteroatoms. The molecule has 9 rings (SSSR count). The van der Waals surface area contributed by atoms with E-state index < -0.39 is 0 Å². The highest BCUT2D eigenvalue weighted by atomic mass is 15.0. The molecule has 0 aliphatic carbocycles. The predicted octanol–water partition coefficient (Wildman–Crippen LogP) is 9.57. The average molecular weight is 623 g/mol. The first-order chi connectivity index (χ1) is 22.8. The van der Waals surface area contributed by atoms with Crippen molar-refractivity contribution in [1.29, 1.82) is 0 Å². The van der Waals surface area contributed by atoms with E-state index in [0.29, 0.717) is 0 Å². The first-order valence-electron chi connectivity index (χ1n) is 17.5. The number of nitrogens with zero attached hydrogens (tertiary/aromatic N) is 2. The molecular weight excluding hydrogens is 579 g/mol. The molecule has 0 saturated carbocycles. The van der Waals surface area contributed by atoms with Crippen molar-refractivity contribution in [2.75, 3.05) is 0 Å². The lowest BCUT2D eigenvalue weighted by Crippen LogP contribution is -2.60. The van der Waals surface area contributed by atoms with Crippen LogP contribution in [0.4, 0.5) is 0 Å². The number of rotatable bonds is 2. The molecule has 0 atom stereocenters. The molecule has 48 heavy (non-hydrogen) atoms. The van der Waals surface area contributed by atoms with Crippen LogP contribution in [0.25, 0.3) is 55.7 Å². The van der Waals surface area contributed by atoms with E-state index >= 15 is 0 Å². The van der Waals surface area contributed by atoms with Gasteiger partial charge >= 0.3 is 0 Å². The third-order valence-electron chi connectivity index (χ3n) is 11.2. The zero-order valence-electron chi connectivity index (χ0n) is 29.7. The number of fused-ring (bicyclic) bond motifs is 4. The van der Waals surface area contributed by atoms with Gasteiger partial charge in [0, 0.05) is 33.2 Å². The third-order valence-corrected chi connectivity index (χ3v) is 11.2. The van der Waals surface area contributed by atoms with Gasteiger partial charge in [-0.15, -0.1) is 0 Å². The van der Waals surface area contributed by atoms with E-state index in [0.717, 1.165) is 0 Å². The Hall–Kier alpha value is -4.76. The van der Waals surface area contributed by atoms with Gasteiger partial charge in [-0.05, 0) is 111 Å². The molecule has 5 aromatic carbocycles. The second-order valence-corrected chi connectivity index (χ2v) is 16.4. The topological polar surface area (TPSA) is 9.86 Å². The standard InChI is InChI=1S/C45H43BN2/c1-26-20-37-39-38(21-26)48-41(30-18-14-11-15-19-30)28(3)34-23-32(45(7,8)9)25-36(43(34)48)46(39)35-24-31(44(4,5)6)22-33-27(2)40(47(37)42(33)35)29-16-12-10-13-17-29/h10-25H,1-9H3. The van der Waals surface area contributed by atoms with Crippen molar-refractivity contribution >= 4 is 44.9 Å². The fourth-order valence-corrected chi connectivity index (χ4v) is 8.77. The monoisotopic (exact) mass is 622 g/mol. The summed E-state index contributed by atoms with van der Waals surface area (Å²) in [7, 11) is 0. The average Bonchev–Trinajstić information content (AvgIpc) is 3.52. The number of aryl methyl sites for hydroxylation is 3. The van der Waals surface area contributed by atoms with Crippen LogP contribution >= 0.6 is 0 Å². The summed E-state index contributed by atoms with van der Waals surface area (Å²) in [5, 5.41) is 2.74. The van der Waals surface area contributed by atoms with Crippen molar-refractivity contribution in [3.05, 3.63) is 125 Å². The van der Waals surface area contributed by atoms with Gasteiger partial charge in [-0.25, -0.2) is 0 Å². The van der Waals surface area contributed by atoms with Gasteiger partial charge in [0.05, 0.1) is 11.4 Å².